The number of allylic oxidation sites excluding steroid dienone is 4. The second-order valence-electron chi connectivity index (χ2n) is 12.2. The Labute approximate surface area is 282 Å². The average molecular weight is 643 g/mol. The molecule has 8 heteroatoms. The van der Waals surface area contributed by atoms with Gasteiger partial charge in [-0.05, 0) is 79.6 Å². The zero-order valence-corrected chi connectivity index (χ0v) is 28.9. The lowest BCUT2D eigenvalue weighted by molar-refractivity contribution is 0.00447. The molecule has 2 aromatic rings. The van der Waals surface area contributed by atoms with Crippen LogP contribution in [0.4, 0.5) is 0 Å². The van der Waals surface area contributed by atoms with Crippen molar-refractivity contribution in [3.63, 3.8) is 0 Å². The molecule has 2 aliphatic heterocycles. The second kappa shape index (κ2) is 19.0. The minimum atomic E-state index is 0.0969. The molecule has 1 fully saturated rings. The summed E-state index contributed by atoms with van der Waals surface area (Å²) in [6, 6.07) is 12.5. The van der Waals surface area contributed by atoms with Gasteiger partial charge in [0.2, 0.25) is 6.79 Å². The van der Waals surface area contributed by atoms with Gasteiger partial charge in [-0.25, -0.2) is 0 Å². The molecular weight excluding hydrogens is 588 g/mol. The number of aliphatic imine (C=N–C) groups is 1. The Balaban J connectivity index is 1.46. The van der Waals surface area contributed by atoms with Crippen molar-refractivity contribution in [2.45, 2.75) is 77.6 Å². The molecule has 8 nitrogen and oxygen atoms in total. The van der Waals surface area contributed by atoms with Gasteiger partial charge >= 0.3 is 0 Å². The fourth-order valence-electron chi connectivity index (χ4n) is 5.98. The van der Waals surface area contributed by atoms with Crippen molar-refractivity contribution >= 4 is 11.5 Å². The predicted octanol–water partition coefficient (Wildman–Crippen LogP) is 7.42. The van der Waals surface area contributed by atoms with Gasteiger partial charge in [-0.15, -0.1) is 6.58 Å². The fourth-order valence-corrected chi connectivity index (χ4v) is 5.98. The first kappa shape index (κ1) is 35.8. The zero-order chi connectivity index (χ0) is 33.4. The molecular formula is C39H54N4O4. The summed E-state index contributed by atoms with van der Waals surface area (Å²) < 4.78 is 22.5. The molecule has 0 amide bonds. The van der Waals surface area contributed by atoms with Crippen molar-refractivity contribution in [3.8, 4) is 17.2 Å². The van der Waals surface area contributed by atoms with E-state index in [1.807, 2.05) is 37.4 Å². The van der Waals surface area contributed by atoms with Crippen molar-refractivity contribution in [2.24, 2.45) is 4.99 Å². The smallest absolute Gasteiger partial charge is 0.231 e. The van der Waals surface area contributed by atoms with Crippen molar-refractivity contribution in [3.05, 3.63) is 96.1 Å². The van der Waals surface area contributed by atoms with Gasteiger partial charge in [0.15, 0.2) is 17.5 Å². The molecule has 4 rings (SSSR count). The van der Waals surface area contributed by atoms with E-state index in [0.29, 0.717) is 19.7 Å². The molecule has 2 unspecified atom stereocenters. The monoisotopic (exact) mass is 642 g/mol. The Bertz CT molecular complexity index is 1420. The molecule has 0 bridgehead atoms. The van der Waals surface area contributed by atoms with Crippen LogP contribution in [0.2, 0.25) is 0 Å². The van der Waals surface area contributed by atoms with Crippen LogP contribution in [-0.4, -0.2) is 63.7 Å². The Morgan fingerprint density at radius 1 is 1.06 bits per heavy atom. The first-order chi connectivity index (χ1) is 22.9. The van der Waals surface area contributed by atoms with Gasteiger partial charge in [0.1, 0.15) is 5.75 Å². The fraction of sp³-hybridized carbons (Fsp3) is 0.462. The third-order valence-corrected chi connectivity index (χ3v) is 8.69. The summed E-state index contributed by atoms with van der Waals surface area (Å²) in [4.78, 5) is 6.96. The third-order valence-electron chi connectivity index (χ3n) is 8.69. The molecule has 0 aromatic heterocycles. The Hall–Kier alpha value is -4.01. The van der Waals surface area contributed by atoms with Gasteiger partial charge in [-0.3, -0.25) is 4.99 Å². The average Bonchev–Trinajstić information content (AvgIpc) is 3.56. The summed E-state index contributed by atoms with van der Waals surface area (Å²) in [5.41, 5.74) is 5.71. The number of morpholine rings is 1. The molecule has 1 saturated heterocycles. The van der Waals surface area contributed by atoms with Crippen LogP contribution in [0, 0.1) is 0 Å². The van der Waals surface area contributed by atoms with Crippen molar-refractivity contribution in [1.29, 1.82) is 0 Å². The molecule has 47 heavy (non-hydrogen) atoms. The quantitative estimate of drug-likeness (QED) is 0.0612. The number of benzene rings is 2. The van der Waals surface area contributed by atoms with Gasteiger partial charge < -0.3 is 34.5 Å². The zero-order valence-electron chi connectivity index (χ0n) is 28.9. The van der Waals surface area contributed by atoms with Crippen LogP contribution in [-0.2, 0) is 17.8 Å². The van der Waals surface area contributed by atoms with E-state index in [0.717, 1.165) is 77.8 Å². The highest BCUT2D eigenvalue weighted by Gasteiger charge is 2.23. The van der Waals surface area contributed by atoms with E-state index in [-0.39, 0.29) is 18.9 Å². The number of unbranched alkanes of at least 4 members (excludes halogenated alkanes) is 4. The van der Waals surface area contributed by atoms with E-state index >= 15 is 0 Å². The number of hydrogen-bond donors (Lipinski definition) is 2. The SMILES string of the molecule is C=CCCCCCCC(NC(=NC)N1CCOC(C)C1)/C(C=C)=C/C=C(\C)c1ccc(OC)c(CNCc2ccc3c(c2)OCO3)c1. The summed E-state index contributed by atoms with van der Waals surface area (Å²) >= 11 is 0. The van der Waals surface area contributed by atoms with Crippen LogP contribution in [0.3, 0.4) is 0 Å². The number of methoxy groups -OCH3 is 1. The van der Waals surface area contributed by atoms with Crippen molar-refractivity contribution < 1.29 is 18.9 Å². The first-order valence-electron chi connectivity index (χ1n) is 16.9. The van der Waals surface area contributed by atoms with Crippen LogP contribution in [0.5, 0.6) is 17.2 Å². The van der Waals surface area contributed by atoms with Gasteiger partial charge in [0, 0.05) is 38.8 Å². The lowest BCUT2D eigenvalue weighted by Crippen LogP contribution is -2.52. The summed E-state index contributed by atoms with van der Waals surface area (Å²) in [5.74, 6) is 3.37. The Morgan fingerprint density at radius 2 is 1.89 bits per heavy atom. The Morgan fingerprint density at radius 3 is 2.66 bits per heavy atom. The summed E-state index contributed by atoms with van der Waals surface area (Å²) in [6.45, 7) is 16.4. The number of ether oxygens (including phenoxy) is 4. The lowest BCUT2D eigenvalue weighted by Gasteiger charge is -2.35. The molecule has 0 saturated carbocycles. The standard InChI is InChI=1S/C39H54N4O4/c1-7-9-10-11-12-13-14-35(42-39(40-5)43-21-22-45-30(4)27-43)32(8-2)17-15-29(3)33-18-20-36(44-6)34(24-33)26-41-25-31-16-19-37-38(23-31)47-28-46-37/h7-8,15-20,23-24,30,35,41H,1-2,9-14,21-22,25-28H2,3-6H3,(H,40,42)/b29-15+,32-17+. The number of hydrogen-bond acceptors (Lipinski definition) is 6. The molecule has 2 atom stereocenters. The number of fused-ring (bicyclic) bond motifs is 1. The van der Waals surface area contributed by atoms with E-state index in [1.54, 1.807) is 7.11 Å². The summed E-state index contributed by atoms with van der Waals surface area (Å²) in [5, 5.41) is 7.34. The van der Waals surface area contributed by atoms with E-state index in [4.69, 9.17) is 18.9 Å². The number of rotatable bonds is 17. The van der Waals surface area contributed by atoms with Gasteiger partial charge in [-0.2, -0.15) is 0 Å². The van der Waals surface area contributed by atoms with Crippen LogP contribution < -0.4 is 24.8 Å². The third kappa shape index (κ3) is 10.8. The molecule has 254 valence electrons. The molecule has 2 aliphatic rings. The molecule has 0 radical (unpaired) electrons. The molecule has 2 heterocycles. The number of nitrogens with zero attached hydrogens (tertiary/aromatic N) is 2. The van der Waals surface area contributed by atoms with Crippen LogP contribution in [0.15, 0.2) is 84.4 Å². The highest BCUT2D eigenvalue weighted by Crippen LogP contribution is 2.32. The van der Waals surface area contributed by atoms with Crippen LogP contribution in [0.1, 0.15) is 69.1 Å². The van der Waals surface area contributed by atoms with E-state index in [9.17, 15) is 0 Å². The minimum absolute atomic E-state index is 0.0969. The minimum Gasteiger partial charge on any atom is -0.496 e. The topological polar surface area (TPSA) is 76.6 Å². The second-order valence-corrected chi connectivity index (χ2v) is 12.2. The largest absolute Gasteiger partial charge is 0.496 e. The molecule has 2 aromatic carbocycles. The summed E-state index contributed by atoms with van der Waals surface area (Å²) in [7, 11) is 3.58. The Kier molecular flexibility index (Phi) is 14.5. The molecule has 0 aliphatic carbocycles. The summed E-state index contributed by atoms with van der Waals surface area (Å²) in [6.07, 6.45) is 15.4. The molecule has 0 spiro atoms. The van der Waals surface area contributed by atoms with Gasteiger partial charge in [0.25, 0.3) is 0 Å². The highest BCUT2D eigenvalue weighted by molar-refractivity contribution is 5.81. The van der Waals surface area contributed by atoms with Gasteiger partial charge in [0.05, 0.1) is 25.9 Å². The van der Waals surface area contributed by atoms with Crippen LogP contribution in [0.25, 0.3) is 5.57 Å². The first-order valence-corrected chi connectivity index (χ1v) is 16.9. The number of guanidine groups is 1. The normalized spacial score (nSPS) is 17.4. The van der Waals surface area contributed by atoms with Gasteiger partial charge in [-0.1, -0.05) is 62.3 Å². The highest BCUT2D eigenvalue weighted by atomic mass is 16.7. The van der Waals surface area contributed by atoms with E-state index in [2.05, 4.69) is 77.9 Å². The maximum absolute atomic E-state index is 5.79. The van der Waals surface area contributed by atoms with Crippen LogP contribution >= 0.6 is 0 Å². The lowest BCUT2D eigenvalue weighted by atomic mass is 9.97. The van der Waals surface area contributed by atoms with E-state index < -0.39 is 0 Å². The number of nitrogens with one attached hydrogen (secondary N) is 2. The van der Waals surface area contributed by atoms with E-state index in [1.165, 1.54) is 24.8 Å². The maximum Gasteiger partial charge on any atom is 0.231 e. The maximum atomic E-state index is 5.79. The predicted molar refractivity (Wildman–Crippen MR) is 193 cm³/mol. The van der Waals surface area contributed by atoms with Crippen molar-refractivity contribution in [2.75, 3.05) is 40.6 Å². The van der Waals surface area contributed by atoms with Crippen molar-refractivity contribution in [1.82, 2.24) is 15.5 Å². The molecule has 2 N–H and O–H groups in total.